The van der Waals surface area contributed by atoms with Crippen LogP contribution in [-0.2, 0) is 4.79 Å². The van der Waals surface area contributed by atoms with Crippen molar-refractivity contribution in [3.8, 4) is 0 Å². The molecule has 1 fully saturated rings. The monoisotopic (exact) mass is 575 g/mol. The molecule has 41 heavy (non-hydrogen) atoms. The quantitative estimate of drug-likeness (QED) is 0.202. The number of nitrogens with one attached hydrogen (secondary N) is 2. The normalized spacial score (nSPS) is 14.5. The number of nitrogens with zero attached hydrogens (tertiary/aromatic N) is 7. The van der Waals surface area contributed by atoms with Crippen molar-refractivity contribution in [2.75, 3.05) is 21.3 Å². The van der Waals surface area contributed by atoms with Gasteiger partial charge in [-0.3, -0.25) is 40.0 Å². The number of para-hydroxylation sites is 1. The lowest BCUT2D eigenvalue weighted by atomic mass is 10.1. The molecule has 1 aliphatic rings. The highest BCUT2D eigenvalue weighted by Gasteiger charge is 2.39. The molecular formula is C24H17N9O7S. The highest BCUT2D eigenvalue weighted by atomic mass is 32.2. The van der Waals surface area contributed by atoms with Crippen molar-refractivity contribution in [1.82, 2.24) is 15.0 Å². The number of nitro benzene ring substituents is 3. The molecule has 1 atom stereocenters. The van der Waals surface area contributed by atoms with Crippen molar-refractivity contribution in [2.24, 2.45) is 0 Å². The lowest BCUT2D eigenvalue weighted by Crippen LogP contribution is -2.30. The number of rotatable bonds is 9. The zero-order valence-corrected chi connectivity index (χ0v) is 21.4. The molecule has 4 aromatic rings. The van der Waals surface area contributed by atoms with Gasteiger partial charge in [-0.2, -0.15) is 15.0 Å². The summed E-state index contributed by atoms with van der Waals surface area (Å²) in [5, 5.41) is 39.0. The summed E-state index contributed by atoms with van der Waals surface area (Å²) in [5.41, 5.74) is 0.201. The molecule has 0 bridgehead atoms. The standard InChI is InChI=1S/C24H17N9O7S/c34-20-13-41-21(18-9-1-2-10-19(18)33(39)40)30(20)24-28-22(25-14-5-3-7-16(11-14)31(35)36)27-23(29-24)26-15-6-4-8-17(12-15)32(37)38/h1-12,21H,13H2,(H2,25,26,27,28,29). The van der Waals surface area contributed by atoms with Gasteiger partial charge in [0.2, 0.25) is 23.8 Å². The van der Waals surface area contributed by atoms with Gasteiger partial charge in [0.05, 0.1) is 26.1 Å². The fourth-order valence-corrected chi connectivity index (χ4v) is 5.15. The third-order valence-corrected chi connectivity index (χ3v) is 6.93. The molecule has 1 amide bonds. The summed E-state index contributed by atoms with van der Waals surface area (Å²) >= 11 is 1.15. The van der Waals surface area contributed by atoms with E-state index in [1.54, 1.807) is 6.07 Å². The fraction of sp³-hybridized carbons (Fsp3) is 0.0833. The topological polar surface area (TPSA) is 212 Å². The van der Waals surface area contributed by atoms with E-state index in [4.69, 9.17) is 0 Å². The Morgan fingerprint density at radius 2 is 1.32 bits per heavy atom. The molecule has 206 valence electrons. The Labute approximate surface area is 233 Å². The SMILES string of the molecule is O=C1CSC(c2ccccc2[N+](=O)[O-])N1c1nc(Nc2cccc([N+](=O)[O-])c2)nc(Nc2cccc([N+](=O)[O-])c2)n1. The number of amides is 1. The van der Waals surface area contributed by atoms with Gasteiger partial charge in [0.25, 0.3) is 17.1 Å². The molecule has 1 unspecified atom stereocenters. The number of non-ortho nitro benzene ring substituents is 2. The zero-order chi connectivity index (χ0) is 29.1. The maximum absolute atomic E-state index is 13.1. The number of nitro groups is 3. The Hall–Kier alpha value is -5.71. The summed E-state index contributed by atoms with van der Waals surface area (Å²) in [6.45, 7) is 0. The third kappa shape index (κ3) is 5.83. The summed E-state index contributed by atoms with van der Waals surface area (Å²) in [5.74, 6) is -0.834. The van der Waals surface area contributed by atoms with Gasteiger partial charge in [-0.25, -0.2) is 0 Å². The molecule has 1 saturated heterocycles. The molecule has 2 heterocycles. The molecule has 0 saturated carbocycles. The molecule has 2 N–H and O–H groups in total. The molecule has 0 aliphatic carbocycles. The number of hydrogen-bond donors (Lipinski definition) is 2. The predicted molar refractivity (Wildman–Crippen MR) is 148 cm³/mol. The number of aromatic nitrogens is 3. The van der Waals surface area contributed by atoms with Crippen LogP contribution in [0.1, 0.15) is 10.9 Å². The first-order valence-corrected chi connectivity index (χ1v) is 12.7. The lowest BCUT2D eigenvalue weighted by Gasteiger charge is -2.23. The number of carbonyl (C=O) groups excluding carboxylic acids is 1. The predicted octanol–water partition coefficient (Wildman–Crippen LogP) is 4.86. The van der Waals surface area contributed by atoms with Crippen LogP contribution in [0.2, 0.25) is 0 Å². The number of benzene rings is 3. The van der Waals surface area contributed by atoms with E-state index in [-0.39, 0.29) is 57.6 Å². The third-order valence-electron chi connectivity index (χ3n) is 5.73. The minimum atomic E-state index is -0.845. The molecule has 17 heteroatoms. The van der Waals surface area contributed by atoms with Crippen molar-refractivity contribution >= 4 is 64.0 Å². The van der Waals surface area contributed by atoms with E-state index in [0.29, 0.717) is 0 Å². The molecule has 3 aromatic carbocycles. The molecule has 0 radical (unpaired) electrons. The van der Waals surface area contributed by atoms with Gasteiger partial charge in [-0.15, -0.1) is 11.8 Å². The smallest absolute Gasteiger partial charge is 0.275 e. The Kier molecular flexibility index (Phi) is 7.33. The van der Waals surface area contributed by atoms with E-state index in [1.165, 1.54) is 71.6 Å². The first-order chi connectivity index (χ1) is 19.7. The van der Waals surface area contributed by atoms with Crippen LogP contribution in [0, 0.1) is 30.3 Å². The maximum Gasteiger partial charge on any atom is 0.275 e. The lowest BCUT2D eigenvalue weighted by molar-refractivity contribution is -0.385. The average molecular weight is 576 g/mol. The summed E-state index contributed by atoms with van der Waals surface area (Å²) in [4.78, 5) is 59.7. The Morgan fingerprint density at radius 1 is 0.756 bits per heavy atom. The fourth-order valence-electron chi connectivity index (χ4n) is 3.97. The van der Waals surface area contributed by atoms with E-state index < -0.39 is 26.1 Å². The van der Waals surface area contributed by atoms with Gasteiger partial charge in [0.1, 0.15) is 5.37 Å². The largest absolute Gasteiger partial charge is 0.324 e. The number of anilines is 5. The number of thioether (sulfide) groups is 1. The second-order valence-electron chi connectivity index (χ2n) is 8.39. The summed E-state index contributed by atoms with van der Waals surface area (Å²) in [7, 11) is 0. The maximum atomic E-state index is 13.1. The van der Waals surface area contributed by atoms with Crippen molar-refractivity contribution in [3.05, 3.63) is 109 Å². The van der Waals surface area contributed by atoms with Crippen LogP contribution in [0.25, 0.3) is 0 Å². The minimum Gasteiger partial charge on any atom is -0.324 e. The van der Waals surface area contributed by atoms with Crippen LogP contribution in [0.3, 0.4) is 0 Å². The van der Waals surface area contributed by atoms with Crippen molar-refractivity contribution in [1.29, 1.82) is 0 Å². The number of carbonyl (C=O) groups is 1. The van der Waals surface area contributed by atoms with Crippen LogP contribution in [0.15, 0.2) is 72.8 Å². The summed E-state index contributed by atoms with van der Waals surface area (Å²) < 4.78 is 0. The Morgan fingerprint density at radius 3 is 1.85 bits per heavy atom. The second kappa shape index (κ2) is 11.2. The van der Waals surface area contributed by atoms with Crippen LogP contribution in [0.4, 0.5) is 46.3 Å². The number of hydrogen-bond acceptors (Lipinski definition) is 13. The van der Waals surface area contributed by atoms with Gasteiger partial charge < -0.3 is 10.6 Å². The Bertz CT molecular complexity index is 1630. The van der Waals surface area contributed by atoms with Gasteiger partial charge in [-0.1, -0.05) is 24.3 Å². The van der Waals surface area contributed by atoms with Crippen LogP contribution in [0.5, 0.6) is 0 Å². The summed E-state index contributed by atoms with van der Waals surface area (Å²) in [6, 6.07) is 17.1. The van der Waals surface area contributed by atoms with Crippen LogP contribution in [-0.4, -0.2) is 41.4 Å². The molecule has 1 aliphatic heterocycles. The minimum absolute atomic E-state index is 0.0102. The summed E-state index contributed by atoms with van der Waals surface area (Å²) in [6.07, 6.45) is 0. The van der Waals surface area contributed by atoms with Crippen molar-refractivity contribution < 1.29 is 19.6 Å². The van der Waals surface area contributed by atoms with Gasteiger partial charge in [0.15, 0.2) is 0 Å². The molecule has 5 rings (SSSR count). The molecular weight excluding hydrogens is 558 g/mol. The zero-order valence-electron chi connectivity index (χ0n) is 20.6. The van der Waals surface area contributed by atoms with Gasteiger partial charge in [0, 0.05) is 41.7 Å². The first-order valence-electron chi connectivity index (χ1n) is 11.7. The van der Waals surface area contributed by atoms with Crippen LogP contribution >= 0.6 is 11.8 Å². The van der Waals surface area contributed by atoms with Crippen molar-refractivity contribution in [2.45, 2.75) is 5.37 Å². The molecule has 1 aromatic heterocycles. The van der Waals surface area contributed by atoms with E-state index in [1.807, 2.05) is 0 Å². The first kappa shape index (κ1) is 26.9. The Balaban J connectivity index is 1.59. The van der Waals surface area contributed by atoms with Crippen LogP contribution < -0.4 is 15.5 Å². The second-order valence-corrected chi connectivity index (χ2v) is 9.46. The van der Waals surface area contributed by atoms with Crippen molar-refractivity contribution in [3.63, 3.8) is 0 Å². The van der Waals surface area contributed by atoms with Gasteiger partial charge in [-0.05, 0) is 18.2 Å². The molecule has 16 nitrogen and oxygen atoms in total. The van der Waals surface area contributed by atoms with E-state index >= 15 is 0 Å². The van der Waals surface area contributed by atoms with E-state index in [0.717, 1.165) is 11.8 Å². The average Bonchev–Trinajstić information content (AvgIpc) is 3.34. The van der Waals surface area contributed by atoms with Gasteiger partial charge >= 0.3 is 0 Å². The highest BCUT2D eigenvalue weighted by Crippen LogP contribution is 2.44. The van der Waals surface area contributed by atoms with E-state index in [9.17, 15) is 35.1 Å². The molecule has 0 spiro atoms. The van der Waals surface area contributed by atoms with E-state index in [2.05, 4.69) is 25.6 Å². The highest BCUT2D eigenvalue weighted by molar-refractivity contribution is 8.00.